The van der Waals surface area contributed by atoms with Crippen LogP contribution in [0.4, 0.5) is 8.78 Å². The number of carbonyl (C=O) groups excluding carboxylic acids is 1. The fourth-order valence-electron chi connectivity index (χ4n) is 4.70. The Morgan fingerprint density at radius 2 is 1.92 bits per heavy atom. The second kappa shape index (κ2) is 6.80. The Balaban J connectivity index is 1.46. The number of nitrogens with zero attached hydrogens (tertiary/aromatic N) is 2. The third-order valence-electron chi connectivity index (χ3n) is 6.09. The van der Waals surface area contributed by atoms with Gasteiger partial charge >= 0.3 is 0 Å². The maximum atomic E-state index is 14.0. The van der Waals surface area contributed by atoms with E-state index in [0.717, 1.165) is 51.7 Å². The lowest BCUT2D eigenvalue weighted by molar-refractivity contribution is -0.140. The molecular weight excluding hydrogens is 338 g/mol. The summed E-state index contributed by atoms with van der Waals surface area (Å²) in [6.45, 7) is 3.18. The first-order valence-electron chi connectivity index (χ1n) is 9.53. The zero-order valence-electron chi connectivity index (χ0n) is 15.3. The topological polar surface area (TPSA) is 32.8 Å². The Bertz CT molecular complexity index is 684. The van der Waals surface area contributed by atoms with Crippen molar-refractivity contribution in [2.45, 2.75) is 51.1 Å². The summed E-state index contributed by atoms with van der Waals surface area (Å²) < 4.78 is 32.7. The highest BCUT2D eigenvalue weighted by Gasteiger charge is 2.45. The Labute approximate surface area is 153 Å². The smallest absolute Gasteiger partial charge is 0.222 e. The number of halogens is 2. The number of methoxy groups -OCH3 is 1. The van der Waals surface area contributed by atoms with Crippen molar-refractivity contribution in [3.63, 3.8) is 0 Å². The van der Waals surface area contributed by atoms with Gasteiger partial charge in [-0.2, -0.15) is 0 Å². The summed E-state index contributed by atoms with van der Waals surface area (Å²) in [5, 5.41) is 0. The van der Waals surface area contributed by atoms with E-state index in [-0.39, 0.29) is 11.2 Å². The minimum absolute atomic E-state index is 0.137. The lowest BCUT2D eigenvalue weighted by Crippen LogP contribution is -2.54. The summed E-state index contributed by atoms with van der Waals surface area (Å²) in [5.74, 6) is -1.33. The van der Waals surface area contributed by atoms with E-state index in [9.17, 15) is 13.6 Å². The van der Waals surface area contributed by atoms with Crippen LogP contribution in [0.1, 0.15) is 44.1 Å². The van der Waals surface area contributed by atoms with Crippen molar-refractivity contribution < 1.29 is 18.3 Å². The van der Waals surface area contributed by atoms with Crippen LogP contribution in [0.2, 0.25) is 0 Å². The molecule has 3 aliphatic rings. The molecule has 0 bridgehead atoms. The van der Waals surface area contributed by atoms with Gasteiger partial charge in [0, 0.05) is 37.5 Å². The first kappa shape index (κ1) is 17.7. The van der Waals surface area contributed by atoms with E-state index in [0.29, 0.717) is 30.5 Å². The Morgan fingerprint density at radius 1 is 1.19 bits per heavy atom. The van der Waals surface area contributed by atoms with E-state index in [1.807, 2.05) is 0 Å². The molecule has 1 aromatic carbocycles. The van der Waals surface area contributed by atoms with Crippen molar-refractivity contribution >= 4 is 5.91 Å². The molecule has 6 heteroatoms. The van der Waals surface area contributed by atoms with Crippen molar-refractivity contribution in [2.24, 2.45) is 5.41 Å². The lowest BCUT2D eigenvalue weighted by Gasteiger charge is -2.48. The predicted molar refractivity (Wildman–Crippen MR) is 93.8 cm³/mol. The van der Waals surface area contributed by atoms with Gasteiger partial charge in [0.15, 0.2) is 17.4 Å². The number of likely N-dealkylation sites (tertiary alicyclic amines) is 2. The molecule has 4 nitrogen and oxygen atoms in total. The average Bonchev–Trinajstić information content (AvgIpc) is 3.42. The molecule has 1 unspecified atom stereocenters. The molecule has 0 radical (unpaired) electrons. The molecule has 1 spiro atoms. The Morgan fingerprint density at radius 3 is 2.58 bits per heavy atom. The number of ether oxygens (including phenoxy) is 1. The third kappa shape index (κ3) is 3.43. The van der Waals surface area contributed by atoms with Crippen LogP contribution in [0, 0.1) is 17.0 Å². The monoisotopic (exact) mass is 364 g/mol. The molecular formula is C20H26F2N2O2. The molecule has 1 aliphatic carbocycles. The van der Waals surface area contributed by atoms with Gasteiger partial charge in [-0.25, -0.2) is 8.78 Å². The second-order valence-electron chi connectivity index (χ2n) is 8.16. The van der Waals surface area contributed by atoms with Gasteiger partial charge in [0.1, 0.15) is 0 Å². The van der Waals surface area contributed by atoms with Crippen molar-refractivity contribution in [1.29, 1.82) is 0 Å². The summed E-state index contributed by atoms with van der Waals surface area (Å²) in [6, 6.07) is 3.19. The van der Waals surface area contributed by atoms with Crippen molar-refractivity contribution in [1.82, 2.24) is 9.80 Å². The third-order valence-corrected chi connectivity index (χ3v) is 6.09. The highest BCUT2D eigenvalue weighted by Crippen LogP contribution is 2.42. The van der Waals surface area contributed by atoms with Gasteiger partial charge in [0.2, 0.25) is 5.91 Å². The molecule has 4 rings (SSSR count). The summed E-state index contributed by atoms with van der Waals surface area (Å²) >= 11 is 0. The average molecular weight is 364 g/mol. The van der Waals surface area contributed by atoms with E-state index in [1.54, 1.807) is 0 Å². The molecule has 1 aromatic rings. The van der Waals surface area contributed by atoms with Crippen molar-refractivity contribution in [2.75, 3.05) is 26.7 Å². The number of amides is 1. The van der Waals surface area contributed by atoms with Crippen LogP contribution < -0.4 is 4.74 Å². The Hall–Kier alpha value is -1.69. The van der Waals surface area contributed by atoms with E-state index in [4.69, 9.17) is 4.74 Å². The lowest BCUT2D eigenvalue weighted by atomic mass is 9.73. The van der Waals surface area contributed by atoms with Gasteiger partial charge < -0.3 is 9.64 Å². The summed E-state index contributed by atoms with van der Waals surface area (Å²) in [7, 11) is 1.27. The van der Waals surface area contributed by atoms with Crippen LogP contribution in [-0.2, 0) is 11.3 Å². The number of hydrogen-bond acceptors (Lipinski definition) is 3. The molecule has 2 aliphatic heterocycles. The predicted octanol–water partition coefficient (Wildman–Crippen LogP) is 3.34. The van der Waals surface area contributed by atoms with E-state index >= 15 is 0 Å². The van der Waals surface area contributed by atoms with Crippen LogP contribution in [0.25, 0.3) is 0 Å². The van der Waals surface area contributed by atoms with Crippen molar-refractivity contribution in [3.8, 4) is 5.75 Å². The zero-order chi connectivity index (χ0) is 18.3. The molecule has 1 saturated carbocycles. The quantitative estimate of drug-likeness (QED) is 0.822. The summed E-state index contributed by atoms with van der Waals surface area (Å²) in [4.78, 5) is 16.6. The number of piperidine rings is 2. The normalized spacial score (nSPS) is 27.2. The fraction of sp³-hybridized carbons (Fsp3) is 0.650. The maximum Gasteiger partial charge on any atom is 0.222 e. The van der Waals surface area contributed by atoms with E-state index < -0.39 is 11.6 Å². The minimum atomic E-state index is -0.655. The van der Waals surface area contributed by atoms with Crippen LogP contribution in [-0.4, -0.2) is 48.5 Å². The second-order valence-corrected chi connectivity index (χ2v) is 8.16. The largest absolute Gasteiger partial charge is 0.491 e. The van der Waals surface area contributed by atoms with Crippen molar-refractivity contribution in [3.05, 3.63) is 29.3 Å². The highest BCUT2D eigenvalue weighted by molar-refractivity contribution is 5.78. The molecule has 142 valence electrons. The molecule has 1 atom stereocenters. The van der Waals surface area contributed by atoms with Crippen LogP contribution in [0.3, 0.4) is 0 Å². The van der Waals surface area contributed by atoms with Gasteiger partial charge in [-0.15, -0.1) is 0 Å². The van der Waals surface area contributed by atoms with E-state index in [2.05, 4.69) is 9.80 Å². The molecule has 0 N–H and O–H groups in total. The zero-order valence-corrected chi connectivity index (χ0v) is 15.3. The molecule has 2 saturated heterocycles. The fourth-order valence-corrected chi connectivity index (χ4v) is 4.70. The molecule has 3 fully saturated rings. The van der Waals surface area contributed by atoms with Gasteiger partial charge in [-0.05, 0) is 56.3 Å². The van der Waals surface area contributed by atoms with Gasteiger partial charge in [0.25, 0.3) is 0 Å². The van der Waals surface area contributed by atoms with Gasteiger partial charge in [-0.3, -0.25) is 9.69 Å². The van der Waals surface area contributed by atoms with Crippen LogP contribution in [0.5, 0.6) is 5.75 Å². The van der Waals surface area contributed by atoms with Crippen LogP contribution in [0.15, 0.2) is 12.1 Å². The Kier molecular flexibility index (Phi) is 4.63. The molecule has 0 aromatic heterocycles. The summed E-state index contributed by atoms with van der Waals surface area (Å²) in [5.41, 5.74) is 0.766. The molecule has 26 heavy (non-hydrogen) atoms. The van der Waals surface area contributed by atoms with Crippen LogP contribution >= 0.6 is 0 Å². The van der Waals surface area contributed by atoms with E-state index in [1.165, 1.54) is 19.2 Å². The summed E-state index contributed by atoms with van der Waals surface area (Å²) in [6.07, 6.45) is 6.03. The standard InChI is InChI=1S/C20H26F2N2O2/c1-26-19-16(21)9-14(10-17(19)22)11-23-8-2-6-20(12-23)7-5-18(25)24(13-20)15-3-4-15/h9-10,15H,2-8,11-13H2,1H3. The van der Waals surface area contributed by atoms with Gasteiger partial charge in [-0.1, -0.05) is 0 Å². The molecule has 2 heterocycles. The molecule has 1 amide bonds. The SMILES string of the molecule is COc1c(F)cc(CN2CCCC3(CCC(=O)N(C4CC4)C3)C2)cc1F. The highest BCUT2D eigenvalue weighted by atomic mass is 19.1. The first-order chi connectivity index (χ1) is 12.5. The number of carbonyl (C=O) groups is 1. The maximum absolute atomic E-state index is 14.0. The number of rotatable bonds is 4. The van der Waals surface area contributed by atoms with Gasteiger partial charge in [0.05, 0.1) is 7.11 Å². The minimum Gasteiger partial charge on any atom is -0.491 e. The first-order valence-corrected chi connectivity index (χ1v) is 9.53. The number of benzene rings is 1. The number of hydrogen-bond donors (Lipinski definition) is 0.